The summed E-state index contributed by atoms with van der Waals surface area (Å²) >= 11 is 0. The summed E-state index contributed by atoms with van der Waals surface area (Å²) in [5.74, 6) is 2.47. The molecule has 3 rings (SSSR count). The number of methoxy groups -OCH3 is 3. The number of allylic oxidation sites excluding steroid dienone is 1. The van der Waals surface area contributed by atoms with E-state index in [0.29, 0.717) is 0 Å². The highest BCUT2D eigenvalue weighted by atomic mass is 16.5. The van der Waals surface area contributed by atoms with Crippen molar-refractivity contribution in [3.63, 3.8) is 0 Å². The Morgan fingerprint density at radius 2 is 1.59 bits per heavy atom. The molecule has 1 aliphatic rings. The van der Waals surface area contributed by atoms with Crippen molar-refractivity contribution < 1.29 is 14.2 Å². The number of hydrogen-bond donors (Lipinski definition) is 0. The van der Waals surface area contributed by atoms with Crippen LogP contribution in [-0.2, 0) is 6.42 Å². The average Bonchev–Trinajstić information content (AvgIpc) is 2.70. The van der Waals surface area contributed by atoms with Crippen LogP contribution in [0.3, 0.4) is 0 Å². The monoisotopic (exact) mass is 296 g/mol. The first-order valence-electron chi connectivity index (χ1n) is 7.29. The highest BCUT2D eigenvalue weighted by Gasteiger charge is 2.22. The van der Waals surface area contributed by atoms with Crippen molar-refractivity contribution in [1.82, 2.24) is 0 Å². The fourth-order valence-electron chi connectivity index (χ4n) is 3.02. The molecule has 0 aromatic heterocycles. The SMILES string of the molecule is C=C1CCc2cc(OC)ccc2-c2cc(OC)cc(OC)c21. The van der Waals surface area contributed by atoms with Crippen LogP contribution in [-0.4, -0.2) is 21.3 Å². The van der Waals surface area contributed by atoms with Gasteiger partial charge < -0.3 is 14.2 Å². The van der Waals surface area contributed by atoms with Gasteiger partial charge in [0.1, 0.15) is 17.2 Å². The Morgan fingerprint density at radius 3 is 2.27 bits per heavy atom. The molecule has 0 spiro atoms. The van der Waals surface area contributed by atoms with Crippen LogP contribution in [0.25, 0.3) is 16.7 Å². The van der Waals surface area contributed by atoms with Crippen LogP contribution >= 0.6 is 0 Å². The largest absolute Gasteiger partial charge is 0.497 e. The maximum absolute atomic E-state index is 5.58. The van der Waals surface area contributed by atoms with E-state index in [4.69, 9.17) is 14.2 Å². The topological polar surface area (TPSA) is 27.7 Å². The molecule has 114 valence electrons. The van der Waals surface area contributed by atoms with Gasteiger partial charge in [-0.2, -0.15) is 0 Å². The Hall–Kier alpha value is -2.42. The van der Waals surface area contributed by atoms with E-state index in [1.807, 2.05) is 12.1 Å². The van der Waals surface area contributed by atoms with Crippen LogP contribution in [0.2, 0.25) is 0 Å². The Labute approximate surface area is 131 Å². The maximum Gasteiger partial charge on any atom is 0.130 e. The maximum atomic E-state index is 5.58. The van der Waals surface area contributed by atoms with Gasteiger partial charge in [0.15, 0.2) is 0 Å². The van der Waals surface area contributed by atoms with Crippen LogP contribution in [0, 0.1) is 0 Å². The Bertz CT molecular complexity index is 732. The molecule has 3 nitrogen and oxygen atoms in total. The summed E-state index contributed by atoms with van der Waals surface area (Å²) in [6, 6.07) is 10.2. The summed E-state index contributed by atoms with van der Waals surface area (Å²) in [6.45, 7) is 4.25. The summed E-state index contributed by atoms with van der Waals surface area (Å²) in [7, 11) is 5.04. The highest BCUT2D eigenvalue weighted by Crippen LogP contribution is 2.44. The number of fused-ring (bicyclic) bond motifs is 3. The lowest BCUT2D eigenvalue weighted by atomic mass is 9.94. The number of rotatable bonds is 3. The van der Waals surface area contributed by atoms with Crippen molar-refractivity contribution in [2.45, 2.75) is 12.8 Å². The molecule has 0 fully saturated rings. The number of hydrogen-bond acceptors (Lipinski definition) is 3. The minimum atomic E-state index is 0.784. The van der Waals surface area contributed by atoms with Gasteiger partial charge in [0, 0.05) is 11.6 Å². The van der Waals surface area contributed by atoms with Gasteiger partial charge in [-0.1, -0.05) is 12.6 Å². The van der Waals surface area contributed by atoms with Crippen molar-refractivity contribution in [3.05, 3.63) is 48.0 Å². The lowest BCUT2D eigenvalue weighted by Crippen LogP contribution is -1.96. The molecular formula is C19H20O3. The standard InChI is InChI=1S/C19H20O3/c1-12-5-6-13-9-14(20-2)7-8-16(13)17-10-15(21-3)11-18(22-4)19(12)17/h7-11H,1,5-6H2,2-4H3. The second kappa shape index (κ2) is 5.76. The average molecular weight is 296 g/mol. The molecule has 2 aromatic carbocycles. The van der Waals surface area contributed by atoms with Crippen molar-refractivity contribution in [2.24, 2.45) is 0 Å². The fraction of sp³-hybridized carbons (Fsp3) is 0.263. The Morgan fingerprint density at radius 1 is 0.818 bits per heavy atom. The lowest BCUT2D eigenvalue weighted by molar-refractivity contribution is 0.394. The van der Waals surface area contributed by atoms with Crippen LogP contribution in [0.15, 0.2) is 36.9 Å². The van der Waals surface area contributed by atoms with Crippen LogP contribution in [0.5, 0.6) is 17.2 Å². The van der Waals surface area contributed by atoms with Gasteiger partial charge in [-0.05, 0) is 53.3 Å². The number of benzene rings is 2. The molecule has 0 heterocycles. The van der Waals surface area contributed by atoms with E-state index in [9.17, 15) is 0 Å². The van der Waals surface area contributed by atoms with E-state index in [1.165, 1.54) is 11.1 Å². The molecule has 0 aliphatic heterocycles. The molecule has 2 aromatic rings. The predicted molar refractivity (Wildman–Crippen MR) is 88.9 cm³/mol. The Balaban J connectivity index is 2.30. The molecule has 0 N–H and O–H groups in total. The first-order chi connectivity index (χ1) is 10.7. The molecule has 0 saturated carbocycles. The van der Waals surface area contributed by atoms with E-state index in [-0.39, 0.29) is 0 Å². The van der Waals surface area contributed by atoms with Crippen molar-refractivity contribution >= 4 is 5.57 Å². The number of aryl methyl sites for hydroxylation is 1. The molecule has 1 aliphatic carbocycles. The van der Waals surface area contributed by atoms with E-state index in [1.54, 1.807) is 21.3 Å². The third-order valence-corrected chi connectivity index (χ3v) is 4.18. The van der Waals surface area contributed by atoms with Gasteiger partial charge in [-0.3, -0.25) is 0 Å². The van der Waals surface area contributed by atoms with E-state index in [0.717, 1.165) is 46.8 Å². The smallest absolute Gasteiger partial charge is 0.130 e. The third-order valence-electron chi connectivity index (χ3n) is 4.18. The minimum absolute atomic E-state index is 0.784. The van der Waals surface area contributed by atoms with Gasteiger partial charge in [-0.15, -0.1) is 0 Å². The first-order valence-corrected chi connectivity index (χ1v) is 7.29. The normalized spacial score (nSPS) is 13.0. The molecular weight excluding hydrogens is 276 g/mol. The lowest BCUT2D eigenvalue weighted by Gasteiger charge is -2.16. The van der Waals surface area contributed by atoms with E-state index < -0.39 is 0 Å². The zero-order chi connectivity index (χ0) is 15.7. The van der Waals surface area contributed by atoms with Crippen molar-refractivity contribution in [2.75, 3.05) is 21.3 Å². The molecule has 0 radical (unpaired) electrons. The highest BCUT2D eigenvalue weighted by molar-refractivity contribution is 5.88. The second-order valence-electron chi connectivity index (χ2n) is 5.38. The van der Waals surface area contributed by atoms with Crippen LogP contribution < -0.4 is 14.2 Å². The van der Waals surface area contributed by atoms with Gasteiger partial charge in [0.25, 0.3) is 0 Å². The van der Waals surface area contributed by atoms with E-state index >= 15 is 0 Å². The zero-order valence-electron chi connectivity index (χ0n) is 13.2. The quantitative estimate of drug-likeness (QED) is 0.843. The third kappa shape index (κ3) is 2.33. The predicted octanol–water partition coefficient (Wildman–Crippen LogP) is 4.34. The summed E-state index contributed by atoms with van der Waals surface area (Å²) in [5.41, 5.74) is 5.72. The zero-order valence-corrected chi connectivity index (χ0v) is 13.2. The van der Waals surface area contributed by atoms with Crippen molar-refractivity contribution in [3.8, 4) is 28.4 Å². The van der Waals surface area contributed by atoms with Crippen molar-refractivity contribution in [1.29, 1.82) is 0 Å². The molecule has 0 saturated heterocycles. The summed E-state index contributed by atoms with van der Waals surface area (Å²) in [6.07, 6.45) is 1.83. The molecule has 3 heteroatoms. The van der Waals surface area contributed by atoms with Gasteiger partial charge >= 0.3 is 0 Å². The van der Waals surface area contributed by atoms with Gasteiger partial charge in [0.2, 0.25) is 0 Å². The summed E-state index contributed by atoms with van der Waals surface area (Å²) in [4.78, 5) is 0. The first kappa shape index (κ1) is 14.5. The Kier molecular flexibility index (Phi) is 3.80. The molecule has 0 atom stereocenters. The molecule has 0 bridgehead atoms. The summed E-state index contributed by atoms with van der Waals surface area (Å²) < 4.78 is 16.4. The van der Waals surface area contributed by atoms with Crippen LogP contribution in [0.1, 0.15) is 17.5 Å². The van der Waals surface area contributed by atoms with Crippen LogP contribution in [0.4, 0.5) is 0 Å². The molecule has 22 heavy (non-hydrogen) atoms. The summed E-state index contributed by atoms with van der Waals surface area (Å²) in [5, 5.41) is 0. The number of ether oxygens (including phenoxy) is 3. The molecule has 0 amide bonds. The minimum Gasteiger partial charge on any atom is -0.497 e. The second-order valence-corrected chi connectivity index (χ2v) is 5.38. The fourth-order valence-corrected chi connectivity index (χ4v) is 3.02. The van der Waals surface area contributed by atoms with Gasteiger partial charge in [-0.25, -0.2) is 0 Å². The van der Waals surface area contributed by atoms with E-state index in [2.05, 4.69) is 24.8 Å². The van der Waals surface area contributed by atoms with Gasteiger partial charge in [0.05, 0.1) is 21.3 Å². The molecule has 0 unspecified atom stereocenters.